The third-order valence-electron chi connectivity index (χ3n) is 3.15. The Morgan fingerprint density at radius 1 is 0.636 bits per heavy atom. The Labute approximate surface area is 133 Å². The first-order valence-corrected chi connectivity index (χ1v) is 7.85. The molecule has 0 heterocycles. The molecule has 0 spiro atoms. The van der Waals surface area contributed by atoms with Gasteiger partial charge in [-0.3, -0.25) is 9.59 Å². The van der Waals surface area contributed by atoms with Gasteiger partial charge in [0.15, 0.2) is 11.6 Å². The molecule has 2 aromatic rings. The van der Waals surface area contributed by atoms with Crippen molar-refractivity contribution in [3.05, 3.63) is 71.8 Å². The number of ketones is 2. The normalized spacial score (nSPS) is 9.55. The number of Topliss-reactive ketones (excluding diaryl/α,β-unsaturated/α-hetero) is 2. The number of carbonyl (C=O) groups is 2. The molecule has 22 heavy (non-hydrogen) atoms. The van der Waals surface area contributed by atoms with Crippen LogP contribution in [0.1, 0.15) is 60.2 Å². The molecule has 0 aliphatic heterocycles. The third kappa shape index (κ3) is 6.49. The summed E-state index contributed by atoms with van der Waals surface area (Å²) in [5.41, 5.74) is 1.66. The van der Waals surface area contributed by atoms with E-state index in [0.717, 1.165) is 24.0 Å². The van der Waals surface area contributed by atoms with Crippen LogP contribution in [0.25, 0.3) is 0 Å². The van der Waals surface area contributed by atoms with Gasteiger partial charge in [0.05, 0.1) is 0 Å². The maximum Gasteiger partial charge on any atom is 0.162 e. The van der Waals surface area contributed by atoms with Crippen LogP contribution in [0.2, 0.25) is 0 Å². The van der Waals surface area contributed by atoms with E-state index in [1.165, 1.54) is 0 Å². The Morgan fingerprint density at radius 3 is 1.23 bits per heavy atom. The van der Waals surface area contributed by atoms with E-state index in [9.17, 15) is 9.59 Å². The zero-order valence-corrected chi connectivity index (χ0v) is 13.4. The van der Waals surface area contributed by atoms with Gasteiger partial charge in [-0.15, -0.1) is 0 Å². The highest BCUT2D eigenvalue weighted by molar-refractivity contribution is 5.96. The van der Waals surface area contributed by atoms with Crippen LogP contribution < -0.4 is 0 Å². The van der Waals surface area contributed by atoms with Crippen molar-refractivity contribution in [1.29, 1.82) is 0 Å². The van der Waals surface area contributed by atoms with Gasteiger partial charge in [-0.1, -0.05) is 74.5 Å². The first kappa shape index (κ1) is 17.8. The largest absolute Gasteiger partial charge is 0.294 e. The van der Waals surface area contributed by atoms with E-state index in [2.05, 4.69) is 0 Å². The summed E-state index contributed by atoms with van der Waals surface area (Å²) in [6.07, 6.45) is 3.16. The highest BCUT2D eigenvalue weighted by atomic mass is 16.1. The lowest BCUT2D eigenvalue weighted by atomic mass is 10.1. The molecule has 0 N–H and O–H groups in total. The second kappa shape index (κ2) is 10.5. The van der Waals surface area contributed by atoms with Gasteiger partial charge in [0.1, 0.15) is 0 Å². The average Bonchev–Trinajstić information content (AvgIpc) is 2.57. The van der Waals surface area contributed by atoms with Crippen LogP contribution in [-0.2, 0) is 0 Å². The lowest BCUT2D eigenvalue weighted by molar-refractivity contribution is 0.0973. The Bertz CT molecular complexity index is 505. The van der Waals surface area contributed by atoms with Crippen LogP contribution in [0, 0.1) is 0 Å². The third-order valence-corrected chi connectivity index (χ3v) is 3.15. The van der Waals surface area contributed by atoms with Crippen molar-refractivity contribution in [3.8, 4) is 0 Å². The van der Waals surface area contributed by atoms with Crippen molar-refractivity contribution in [2.45, 2.75) is 39.5 Å². The summed E-state index contributed by atoms with van der Waals surface area (Å²) in [6.45, 7) is 4.03. The van der Waals surface area contributed by atoms with E-state index in [-0.39, 0.29) is 11.6 Å². The van der Waals surface area contributed by atoms with Crippen LogP contribution >= 0.6 is 0 Å². The predicted molar refractivity (Wildman–Crippen MR) is 91.4 cm³/mol. The second-order valence-corrected chi connectivity index (χ2v) is 5.08. The molecule has 2 heteroatoms. The fourth-order valence-corrected chi connectivity index (χ4v) is 1.99. The molecule has 0 amide bonds. The molecule has 0 aliphatic rings. The van der Waals surface area contributed by atoms with E-state index in [1.54, 1.807) is 0 Å². The number of benzene rings is 2. The van der Waals surface area contributed by atoms with Gasteiger partial charge in [-0.25, -0.2) is 0 Å². The van der Waals surface area contributed by atoms with E-state index in [4.69, 9.17) is 0 Å². The zero-order valence-electron chi connectivity index (χ0n) is 13.4. The molecule has 2 rings (SSSR count). The molecule has 0 saturated heterocycles. The van der Waals surface area contributed by atoms with Gasteiger partial charge in [-0.2, -0.15) is 0 Å². The summed E-state index contributed by atoms with van der Waals surface area (Å²) < 4.78 is 0. The summed E-state index contributed by atoms with van der Waals surface area (Å²) in [5, 5.41) is 0. The van der Waals surface area contributed by atoms with Crippen molar-refractivity contribution in [2.24, 2.45) is 0 Å². The molecular formula is C20H24O2. The number of rotatable bonds is 6. The first-order chi connectivity index (χ1) is 10.7. The van der Waals surface area contributed by atoms with E-state index < -0.39 is 0 Å². The minimum atomic E-state index is 0.244. The average molecular weight is 296 g/mol. The van der Waals surface area contributed by atoms with Crippen LogP contribution in [0.5, 0.6) is 0 Å². The molecule has 116 valence electrons. The predicted octanol–water partition coefficient (Wildman–Crippen LogP) is 5.34. The maximum absolute atomic E-state index is 11.2. The van der Waals surface area contributed by atoms with Crippen molar-refractivity contribution in [2.75, 3.05) is 0 Å². The van der Waals surface area contributed by atoms with Crippen molar-refractivity contribution < 1.29 is 9.59 Å². The molecule has 0 saturated carbocycles. The molecule has 0 radical (unpaired) electrons. The van der Waals surface area contributed by atoms with Crippen LogP contribution in [0.4, 0.5) is 0 Å². The molecule has 0 unspecified atom stereocenters. The molecular weight excluding hydrogens is 272 g/mol. The minimum Gasteiger partial charge on any atom is -0.294 e. The Kier molecular flexibility index (Phi) is 8.51. The quantitative estimate of drug-likeness (QED) is 0.674. The second-order valence-electron chi connectivity index (χ2n) is 5.08. The Balaban J connectivity index is 0.000000220. The minimum absolute atomic E-state index is 0.244. The van der Waals surface area contributed by atoms with Crippen LogP contribution in [0.3, 0.4) is 0 Å². The van der Waals surface area contributed by atoms with Crippen molar-refractivity contribution in [1.82, 2.24) is 0 Å². The Morgan fingerprint density at radius 2 is 0.955 bits per heavy atom. The molecule has 0 aliphatic carbocycles. The summed E-state index contributed by atoms with van der Waals surface area (Å²) in [5.74, 6) is 0.487. The maximum atomic E-state index is 11.2. The molecule has 0 aromatic heterocycles. The fourth-order valence-electron chi connectivity index (χ4n) is 1.99. The smallest absolute Gasteiger partial charge is 0.162 e. The highest BCUT2D eigenvalue weighted by Gasteiger charge is 2.01. The first-order valence-electron chi connectivity index (χ1n) is 7.85. The van der Waals surface area contributed by atoms with Crippen molar-refractivity contribution in [3.63, 3.8) is 0 Å². The SMILES string of the molecule is CCCC(=O)c1ccccc1.CCCC(=O)c1ccccc1. The standard InChI is InChI=1S/2C10H12O/c2*1-2-6-10(11)9-7-4-3-5-8-9/h2*3-5,7-8H,2,6H2,1H3. The zero-order chi connectivity index (χ0) is 16.2. The fraction of sp³-hybridized carbons (Fsp3) is 0.300. The van der Waals surface area contributed by atoms with Gasteiger partial charge in [0, 0.05) is 24.0 Å². The lowest BCUT2D eigenvalue weighted by Gasteiger charge is -1.96. The molecule has 2 aromatic carbocycles. The number of carbonyl (C=O) groups excluding carboxylic acids is 2. The van der Waals surface area contributed by atoms with E-state index in [0.29, 0.717) is 12.8 Å². The molecule has 0 atom stereocenters. The van der Waals surface area contributed by atoms with Crippen LogP contribution in [-0.4, -0.2) is 11.6 Å². The van der Waals surface area contributed by atoms with Crippen molar-refractivity contribution >= 4 is 11.6 Å². The van der Waals surface area contributed by atoms with Gasteiger partial charge in [0.25, 0.3) is 0 Å². The monoisotopic (exact) mass is 296 g/mol. The van der Waals surface area contributed by atoms with Gasteiger partial charge in [0.2, 0.25) is 0 Å². The molecule has 0 fully saturated rings. The molecule has 2 nitrogen and oxygen atoms in total. The lowest BCUT2D eigenvalue weighted by Crippen LogP contribution is -1.96. The summed E-state index contributed by atoms with van der Waals surface area (Å²) in [7, 11) is 0. The summed E-state index contributed by atoms with van der Waals surface area (Å²) >= 11 is 0. The van der Waals surface area contributed by atoms with Gasteiger partial charge in [-0.05, 0) is 12.8 Å². The highest BCUT2D eigenvalue weighted by Crippen LogP contribution is 2.04. The Hall–Kier alpha value is -2.22. The van der Waals surface area contributed by atoms with Gasteiger partial charge >= 0.3 is 0 Å². The summed E-state index contributed by atoms with van der Waals surface area (Å²) in [4.78, 5) is 22.5. The van der Waals surface area contributed by atoms with E-state index >= 15 is 0 Å². The summed E-state index contributed by atoms with van der Waals surface area (Å²) in [6, 6.07) is 18.8. The van der Waals surface area contributed by atoms with Gasteiger partial charge < -0.3 is 0 Å². The van der Waals surface area contributed by atoms with Crippen LogP contribution in [0.15, 0.2) is 60.7 Å². The number of hydrogen-bond acceptors (Lipinski definition) is 2. The van der Waals surface area contributed by atoms with E-state index in [1.807, 2.05) is 74.5 Å². The number of hydrogen-bond donors (Lipinski definition) is 0. The topological polar surface area (TPSA) is 34.1 Å². The molecule has 0 bridgehead atoms.